The Balaban J connectivity index is 1.78. The first-order valence-electron chi connectivity index (χ1n) is 8.81. The number of benzene rings is 2. The molecule has 1 heterocycles. The van der Waals surface area contributed by atoms with Gasteiger partial charge in [-0.2, -0.15) is 4.99 Å². The molecule has 0 aliphatic carbocycles. The summed E-state index contributed by atoms with van der Waals surface area (Å²) >= 11 is 0. The molecule has 2 aromatic carbocycles. The van der Waals surface area contributed by atoms with Gasteiger partial charge in [0.2, 0.25) is 12.4 Å². The van der Waals surface area contributed by atoms with Crippen molar-refractivity contribution in [2.75, 3.05) is 0 Å². The van der Waals surface area contributed by atoms with E-state index in [9.17, 15) is 9.90 Å². The topological polar surface area (TPSA) is 106 Å². The standard InChI is InChI=1S/C20H23N5O2/c1-14(27)18(25-11-19(22-12-25)24-20(21)23-13-26)10-9-16-7-4-6-15-5-2-3-8-17(15)16/h2-8,11-14,18,27H,9-10H2,1H3,(H3,21,23,24,26). The van der Waals surface area contributed by atoms with Crippen molar-refractivity contribution < 1.29 is 9.90 Å². The number of aryl methyl sites for hydroxylation is 1. The molecule has 0 aliphatic heterocycles. The maximum absolute atomic E-state index is 10.4. The summed E-state index contributed by atoms with van der Waals surface area (Å²) < 4.78 is 1.84. The van der Waals surface area contributed by atoms with E-state index in [1.807, 2.05) is 16.7 Å². The fourth-order valence-electron chi connectivity index (χ4n) is 3.23. The van der Waals surface area contributed by atoms with E-state index >= 15 is 0 Å². The summed E-state index contributed by atoms with van der Waals surface area (Å²) in [6.07, 6.45) is 4.79. The van der Waals surface area contributed by atoms with Gasteiger partial charge in [-0.05, 0) is 36.1 Å². The molecular weight excluding hydrogens is 342 g/mol. The molecule has 140 valence electrons. The molecule has 3 rings (SSSR count). The van der Waals surface area contributed by atoms with E-state index < -0.39 is 6.10 Å². The number of nitrogens with one attached hydrogen (secondary N) is 1. The molecule has 0 radical (unpaired) electrons. The number of carbonyl (C=O) groups is 1. The van der Waals surface area contributed by atoms with Crippen molar-refractivity contribution in [2.24, 2.45) is 10.7 Å². The van der Waals surface area contributed by atoms with Gasteiger partial charge in [-0.15, -0.1) is 0 Å². The summed E-state index contributed by atoms with van der Waals surface area (Å²) in [4.78, 5) is 18.6. The molecule has 0 fully saturated rings. The van der Waals surface area contributed by atoms with Crippen molar-refractivity contribution in [3.63, 3.8) is 0 Å². The molecule has 1 amide bonds. The molecule has 0 bridgehead atoms. The van der Waals surface area contributed by atoms with Gasteiger partial charge in [-0.3, -0.25) is 10.1 Å². The predicted octanol–water partition coefficient (Wildman–Crippen LogP) is 2.28. The number of aromatic nitrogens is 2. The second-order valence-electron chi connectivity index (χ2n) is 6.42. The second kappa shape index (κ2) is 8.46. The summed E-state index contributed by atoms with van der Waals surface area (Å²) in [6.45, 7) is 1.76. The van der Waals surface area contributed by atoms with Crippen molar-refractivity contribution in [3.8, 4) is 0 Å². The zero-order valence-corrected chi connectivity index (χ0v) is 15.1. The molecule has 0 saturated heterocycles. The summed E-state index contributed by atoms with van der Waals surface area (Å²) in [5.74, 6) is 0.345. The van der Waals surface area contributed by atoms with Gasteiger partial charge in [0.15, 0.2) is 5.82 Å². The van der Waals surface area contributed by atoms with Gasteiger partial charge >= 0.3 is 0 Å². The number of hydrogen-bond acceptors (Lipinski definition) is 4. The van der Waals surface area contributed by atoms with Crippen molar-refractivity contribution in [1.82, 2.24) is 14.9 Å². The Labute approximate surface area is 157 Å². The maximum Gasteiger partial charge on any atom is 0.213 e. The summed E-state index contributed by atoms with van der Waals surface area (Å²) in [5.41, 5.74) is 6.80. The molecule has 7 nitrogen and oxygen atoms in total. The Morgan fingerprint density at radius 3 is 2.89 bits per heavy atom. The van der Waals surface area contributed by atoms with E-state index in [1.54, 1.807) is 19.4 Å². The monoisotopic (exact) mass is 365 g/mol. The Hall–Kier alpha value is -3.19. The molecule has 7 heteroatoms. The van der Waals surface area contributed by atoms with E-state index in [0.29, 0.717) is 12.2 Å². The van der Waals surface area contributed by atoms with Gasteiger partial charge < -0.3 is 15.4 Å². The number of aliphatic hydroxyl groups is 1. The van der Waals surface area contributed by atoms with Crippen LogP contribution in [-0.2, 0) is 11.2 Å². The van der Waals surface area contributed by atoms with Crippen LogP contribution in [0.1, 0.15) is 24.9 Å². The summed E-state index contributed by atoms with van der Waals surface area (Å²) in [5, 5.41) is 15.0. The molecule has 2 atom stereocenters. The number of amides is 1. The van der Waals surface area contributed by atoms with E-state index in [4.69, 9.17) is 5.73 Å². The zero-order valence-electron chi connectivity index (χ0n) is 15.1. The van der Waals surface area contributed by atoms with Crippen LogP contribution in [0.15, 0.2) is 60.0 Å². The number of nitrogens with zero attached hydrogens (tertiary/aromatic N) is 3. The molecule has 3 aromatic rings. The van der Waals surface area contributed by atoms with Gasteiger partial charge in [-0.25, -0.2) is 4.98 Å². The van der Waals surface area contributed by atoms with Crippen LogP contribution in [0.3, 0.4) is 0 Å². The largest absolute Gasteiger partial charge is 0.391 e. The average Bonchev–Trinajstić information content (AvgIpc) is 3.10. The number of fused-ring (bicyclic) bond motifs is 1. The lowest BCUT2D eigenvalue weighted by atomic mass is 9.97. The van der Waals surface area contributed by atoms with Crippen molar-refractivity contribution in [1.29, 1.82) is 0 Å². The normalized spacial score (nSPS) is 14.1. The first-order chi connectivity index (χ1) is 13.1. The quantitative estimate of drug-likeness (QED) is 0.339. The minimum atomic E-state index is -0.559. The van der Waals surface area contributed by atoms with E-state index in [1.165, 1.54) is 16.3 Å². The fourth-order valence-corrected chi connectivity index (χ4v) is 3.23. The first-order valence-corrected chi connectivity index (χ1v) is 8.81. The van der Waals surface area contributed by atoms with E-state index in [-0.39, 0.29) is 12.0 Å². The average molecular weight is 365 g/mol. The van der Waals surface area contributed by atoms with Crippen LogP contribution in [0, 0.1) is 0 Å². The van der Waals surface area contributed by atoms with Crippen LogP contribution < -0.4 is 11.1 Å². The number of nitrogens with two attached hydrogens (primary N) is 1. The van der Waals surface area contributed by atoms with Gasteiger partial charge in [0.25, 0.3) is 0 Å². The third-order valence-electron chi connectivity index (χ3n) is 4.56. The first kappa shape index (κ1) is 18.6. The lowest BCUT2D eigenvalue weighted by Crippen LogP contribution is -2.29. The van der Waals surface area contributed by atoms with Crippen LogP contribution in [-0.4, -0.2) is 33.1 Å². The molecule has 27 heavy (non-hydrogen) atoms. The number of carbonyl (C=O) groups excluding carboxylic acids is 1. The molecule has 0 saturated carbocycles. The molecule has 0 spiro atoms. The highest BCUT2D eigenvalue weighted by molar-refractivity contribution is 5.88. The van der Waals surface area contributed by atoms with Gasteiger partial charge in [0, 0.05) is 0 Å². The number of hydrogen-bond donors (Lipinski definition) is 3. The van der Waals surface area contributed by atoms with E-state index in [0.717, 1.165) is 12.8 Å². The lowest BCUT2D eigenvalue weighted by Gasteiger charge is -2.21. The third-order valence-corrected chi connectivity index (χ3v) is 4.56. The maximum atomic E-state index is 10.4. The summed E-state index contributed by atoms with van der Waals surface area (Å²) in [6, 6.07) is 14.4. The Morgan fingerprint density at radius 2 is 2.11 bits per heavy atom. The van der Waals surface area contributed by atoms with Crippen LogP contribution in [0.5, 0.6) is 0 Å². The highest BCUT2D eigenvalue weighted by Crippen LogP contribution is 2.25. The number of rotatable bonds is 7. The van der Waals surface area contributed by atoms with Crippen molar-refractivity contribution in [2.45, 2.75) is 31.9 Å². The van der Waals surface area contributed by atoms with Crippen LogP contribution in [0.4, 0.5) is 5.82 Å². The molecular formula is C20H23N5O2. The van der Waals surface area contributed by atoms with Gasteiger partial charge in [-0.1, -0.05) is 42.5 Å². The Morgan fingerprint density at radius 1 is 1.33 bits per heavy atom. The number of guanidine groups is 1. The lowest BCUT2D eigenvalue weighted by molar-refractivity contribution is -0.108. The highest BCUT2D eigenvalue weighted by atomic mass is 16.3. The Kier molecular flexibility index (Phi) is 5.83. The minimum absolute atomic E-state index is 0.0281. The molecule has 0 aliphatic rings. The second-order valence-corrected chi connectivity index (χ2v) is 6.42. The minimum Gasteiger partial charge on any atom is -0.391 e. The number of imidazole rings is 1. The molecule has 2 unspecified atom stereocenters. The predicted molar refractivity (Wildman–Crippen MR) is 106 cm³/mol. The smallest absolute Gasteiger partial charge is 0.213 e. The molecule has 4 N–H and O–H groups in total. The fraction of sp³-hybridized carbons (Fsp3) is 0.250. The van der Waals surface area contributed by atoms with Crippen LogP contribution in [0.2, 0.25) is 0 Å². The number of aliphatic hydroxyl groups excluding tert-OH is 1. The van der Waals surface area contributed by atoms with Crippen molar-refractivity contribution in [3.05, 3.63) is 60.6 Å². The SMILES string of the molecule is CC(O)C(CCc1cccc2ccccc12)n1cnc(N=C(N)NC=O)c1. The highest BCUT2D eigenvalue weighted by Gasteiger charge is 2.18. The van der Waals surface area contributed by atoms with Crippen LogP contribution in [0.25, 0.3) is 10.8 Å². The third kappa shape index (κ3) is 4.51. The Bertz CT molecular complexity index is 943. The summed E-state index contributed by atoms with van der Waals surface area (Å²) in [7, 11) is 0. The number of aliphatic imine (C=N–C) groups is 1. The van der Waals surface area contributed by atoms with Gasteiger partial charge in [0.1, 0.15) is 0 Å². The van der Waals surface area contributed by atoms with Gasteiger partial charge in [0.05, 0.1) is 24.7 Å². The zero-order chi connectivity index (χ0) is 19.2. The molecule has 1 aromatic heterocycles. The van der Waals surface area contributed by atoms with Crippen molar-refractivity contribution >= 4 is 29.0 Å². The van der Waals surface area contributed by atoms with Crippen LogP contribution >= 0.6 is 0 Å². The van der Waals surface area contributed by atoms with E-state index in [2.05, 4.69) is 45.6 Å².